The number of aromatic nitrogens is 4. The van der Waals surface area contributed by atoms with E-state index < -0.39 is 14.2 Å². The van der Waals surface area contributed by atoms with Crippen LogP contribution in [0.4, 0.5) is 10.5 Å². The minimum atomic E-state index is -1.20. The van der Waals surface area contributed by atoms with E-state index in [2.05, 4.69) is 39.3 Å². The fourth-order valence-corrected chi connectivity index (χ4v) is 3.31. The first-order chi connectivity index (χ1) is 13.7. The summed E-state index contributed by atoms with van der Waals surface area (Å²) in [6.07, 6.45) is 0.780. The van der Waals surface area contributed by atoms with Gasteiger partial charge >= 0.3 is 6.16 Å². The highest BCUT2D eigenvalue weighted by molar-refractivity contribution is 6.76. The molecule has 0 amide bonds. The van der Waals surface area contributed by atoms with Crippen molar-refractivity contribution in [3.05, 3.63) is 30.2 Å². The van der Waals surface area contributed by atoms with E-state index in [1.807, 2.05) is 13.0 Å². The zero-order chi connectivity index (χ0) is 21.2. The van der Waals surface area contributed by atoms with E-state index in [1.54, 1.807) is 23.1 Å². The Morgan fingerprint density at radius 1 is 1.24 bits per heavy atom. The largest absolute Gasteiger partial charge is 0.514 e. The standard InChI is InChI=1S/C19H25N5O4Si/c1-12-22-16-10-13(11-21-17(16)24(12)27-8-9-29(3,4)5)15-7-6-14(20)18(23-15)28-19(25)26-2/h6-7,10-11H,8-9,20H2,1-5H3. The van der Waals surface area contributed by atoms with Crippen LogP contribution in [0.2, 0.25) is 25.7 Å². The fourth-order valence-electron chi connectivity index (χ4n) is 2.61. The second kappa shape index (κ2) is 8.07. The average Bonchev–Trinajstić information content (AvgIpc) is 2.97. The molecule has 0 atom stereocenters. The quantitative estimate of drug-likeness (QED) is 0.482. The third kappa shape index (κ3) is 4.83. The van der Waals surface area contributed by atoms with Gasteiger partial charge in [-0.05, 0) is 31.2 Å². The lowest BCUT2D eigenvalue weighted by Crippen LogP contribution is -2.25. The highest BCUT2D eigenvalue weighted by Crippen LogP contribution is 2.27. The highest BCUT2D eigenvalue weighted by atomic mass is 28.3. The SMILES string of the molecule is COC(=O)Oc1nc(-c2cnc3c(c2)nc(C)n3OCC[Si](C)(C)C)ccc1N. The first kappa shape index (κ1) is 20.6. The van der Waals surface area contributed by atoms with Crippen molar-refractivity contribution in [1.82, 2.24) is 19.7 Å². The number of methoxy groups -OCH3 is 1. The van der Waals surface area contributed by atoms with Gasteiger partial charge in [0.25, 0.3) is 0 Å². The van der Waals surface area contributed by atoms with Crippen molar-refractivity contribution in [3.8, 4) is 17.1 Å². The molecule has 29 heavy (non-hydrogen) atoms. The van der Waals surface area contributed by atoms with Crippen molar-refractivity contribution < 1.29 is 19.1 Å². The normalized spacial score (nSPS) is 11.5. The van der Waals surface area contributed by atoms with Gasteiger partial charge in [-0.2, -0.15) is 0 Å². The number of fused-ring (bicyclic) bond motifs is 1. The topological polar surface area (TPSA) is 114 Å². The van der Waals surface area contributed by atoms with E-state index in [-0.39, 0.29) is 11.6 Å². The number of ether oxygens (including phenoxy) is 2. The molecule has 0 aromatic carbocycles. The molecule has 0 bridgehead atoms. The third-order valence-corrected chi connectivity index (χ3v) is 5.92. The number of nitrogens with two attached hydrogens (primary N) is 1. The molecule has 0 aliphatic rings. The summed E-state index contributed by atoms with van der Waals surface area (Å²) < 4.78 is 11.1. The van der Waals surface area contributed by atoms with Crippen LogP contribution in [-0.4, -0.2) is 47.6 Å². The maximum Gasteiger partial charge on any atom is 0.514 e. The summed E-state index contributed by atoms with van der Waals surface area (Å²) in [5.74, 6) is 0.700. The molecule has 0 aliphatic carbocycles. The molecule has 0 unspecified atom stereocenters. The molecular weight excluding hydrogens is 390 g/mol. The molecule has 154 valence electrons. The summed E-state index contributed by atoms with van der Waals surface area (Å²) in [6, 6.07) is 6.22. The van der Waals surface area contributed by atoms with Gasteiger partial charge in [-0.1, -0.05) is 19.6 Å². The second-order valence-corrected chi connectivity index (χ2v) is 13.4. The van der Waals surface area contributed by atoms with Gasteiger partial charge in [0.15, 0.2) is 5.65 Å². The van der Waals surface area contributed by atoms with Crippen LogP contribution in [0, 0.1) is 6.92 Å². The number of carbonyl (C=O) groups is 1. The van der Waals surface area contributed by atoms with E-state index >= 15 is 0 Å². The Morgan fingerprint density at radius 3 is 2.69 bits per heavy atom. The summed E-state index contributed by atoms with van der Waals surface area (Å²) in [5.41, 5.74) is 8.62. The zero-order valence-electron chi connectivity index (χ0n) is 17.2. The summed E-state index contributed by atoms with van der Waals surface area (Å²) in [4.78, 5) is 30.6. The predicted octanol–water partition coefficient (Wildman–Crippen LogP) is 3.30. The van der Waals surface area contributed by atoms with Crippen LogP contribution in [0.15, 0.2) is 24.4 Å². The molecule has 0 aliphatic heterocycles. The molecule has 0 saturated carbocycles. The number of carbonyl (C=O) groups excluding carboxylic acids is 1. The number of anilines is 1. The first-order valence-corrected chi connectivity index (χ1v) is 12.9. The number of hydrogen-bond donors (Lipinski definition) is 1. The van der Waals surface area contributed by atoms with Crippen molar-refractivity contribution in [2.24, 2.45) is 0 Å². The molecule has 9 nitrogen and oxygen atoms in total. The number of pyridine rings is 2. The van der Waals surface area contributed by atoms with Crippen LogP contribution in [0.1, 0.15) is 5.82 Å². The van der Waals surface area contributed by atoms with Crippen molar-refractivity contribution in [3.63, 3.8) is 0 Å². The first-order valence-electron chi connectivity index (χ1n) is 9.19. The third-order valence-electron chi connectivity index (χ3n) is 4.22. The van der Waals surface area contributed by atoms with Gasteiger partial charge in [0.2, 0.25) is 5.88 Å². The lowest BCUT2D eigenvalue weighted by molar-refractivity contribution is 0.120. The van der Waals surface area contributed by atoms with Crippen LogP contribution < -0.4 is 15.3 Å². The van der Waals surface area contributed by atoms with Crippen LogP contribution in [0.3, 0.4) is 0 Å². The lowest BCUT2D eigenvalue weighted by atomic mass is 10.2. The molecule has 3 aromatic heterocycles. The second-order valence-electron chi connectivity index (χ2n) is 7.81. The monoisotopic (exact) mass is 415 g/mol. The number of rotatable bonds is 6. The molecule has 2 N–H and O–H groups in total. The Morgan fingerprint density at radius 2 is 2.00 bits per heavy atom. The van der Waals surface area contributed by atoms with Gasteiger partial charge in [0, 0.05) is 19.8 Å². The minimum absolute atomic E-state index is 0.0224. The van der Waals surface area contributed by atoms with Crippen molar-refractivity contribution >= 4 is 31.1 Å². The number of hydrogen-bond acceptors (Lipinski definition) is 8. The molecule has 0 fully saturated rings. The number of aryl methyl sites for hydroxylation is 1. The van der Waals surface area contributed by atoms with Gasteiger partial charge in [-0.25, -0.2) is 19.7 Å². The van der Waals surface area contributed by atoms with Gasteiger partial charge < -0.3 is 20.0 Å². The number of nitrogens with zero attached hydrogens (tertiary/aromatic N) is 4. The molecular formula is C19H25N5O4Si. The highest BCUT2D eigenvalue weighted by Gasteiger charge is 2.16. The minimum Gasteiger partial charge on any atom is -0.437 e. The molecule has 3 rings (SSSR count). The van der Waals surface area contributed by atoms with Gasteiger partial charge in [0.05, 0.1) is 18.5 Å². The van der Waals surface area contributed by atoms with Gasteiger partial charge in [-0.3, -0.25) is 0 Å². The van der Waals surface area contributed by atoms with E-state index in [9.17, 15) is 4.79 Å². The molecule has 3 aromatic rings. The van der Waals surface area contributed by atoms with Crippen LogP contribution in [0.5, 0.6) is 5.88 Å². The van der Waals surface area contributed by atoms with Crippen LogP contribution in [-0.2, 0) is 4.74 Å². The summed E-state index contributed by atoms with van der Waals surface area (Å²) in [7, 11) is 0.0172. The van der Waals surface area contributed by atoms with Crippen molar-refractivity contribution in [2.75, 3.05) is 19.5 Å². The Balaban J connectivity index is 1.89. The number of nitrogen functional groups attached to an aromatic ring is 1. The zero-order valence-corrected chi connectivity index (χ0v) is 18.2. The molecule has 0 saturated heterocycles. The molecule has 10 heteroatoms. The average molecular weight is 416 g/mol. The van der Waals surface area contributed by atoms with E-state index in [4.69, 9.17) is 15.3 Å². The maximum atomic E-state index is 11.4. The van der Waals surface area contributed by atoms with E-state index in [1.165, 1.54) is 7.11 Å². The summed E-state index contributed by atoms with van der Waals surface area (Å²) in [5, 5.41) is 0. The molecule has 0 radical (unpaired) electrons. The van der Waals surface area contributed by atoms with Gasteiger partial charge in [-0.15, -0.1) is 4.73 Å². The summed E-state index contributed by atoms with van der Waals surface area (Å²) >= 11 is 0. The maximum absolute atomic E-state index is 11.4. The Kier molecular flexibility index (Phi) is 5.73. The smallest absolute Gasteiger partial charge is 0.437 e. The fraction of sp³-hybridized carbons (Fsp3) is 0.368. The van der Waals surface area contributed by atoms with Crippen molar-refractivity contribution in [1.29, 1.82) is 0 Å². The Hall–Kier alpha value is -3.14. The van der Waals surface area contributed by atoms with E-state index in [0.29, 0.717) is 29.0 Å². The van der Waals surface area contributed by atoms with Crippen LogP contribution in [0.25, 0.3) is 22.4 Å². The number of imidazole rings is 1. The lowest BCUT2D eigenvalue weighted by Gasteiger charge is -2.16. The van der Waals surface area contributed by atoms with Crippen LogP contribution >= 0.6 is 0 Å². The predicted molar refractivity (Wildman–Crippen MR) is 113 cm³/mol. The van der Waals surface area contributed by atoms with Crippen molar-refractivity contribution in [2.45, 2.75) is 32.6 Å². The molecule has 3 heterocycles. The molecule has 0 spiro atoms. The van der Waals surface area contributed by atoms with E-state index in [0.717, 1.165) is 11.9 Å². The Bertz CT molecular complexity index is 1040. The van der Waals surface area contributed by atoms with Gasteiger partial charge in [0.1, 0.15) is 17.9 Å². The Labute approximate surface area is 169 Å². The summed E-state index contributed by atoms with van der Waals surface area (Å²) in [6.45, 7) is 9.41.